The Morgan fingerprint density at radius 1 is 1.08 bits per heavy atom. The number of hydrogen-bond donors (Lipinski definition) is 2. The Bertz CT molecular complexity index is 1030. The van der Waals surface area contributed by atoms with Crippen molar-refractivity contribution in [3.05, 3.63) is 87.1 Å². The monoisotopic (exact) mass is 346 g/mol. The van der Waals surface area contributed by atoms with E-state index in [1.807, 2.05) is 30.3 Å². The number of benzene rings is 2. The number of non-ortho nitro benzene ring substituents is 1. The summed E-state index contributed by atoms with van der Waals surface area (Å²) < 4.78 is 0. The van der Waals surface area contributed by atoms with Gasteiger partial charge in [-0.3, -0.25) is 14.9 Å². The first-order chi connectivity index (χ1) is 12.5. The number of rotatable bonds is 2. The van der Waals surface area contributed by atoms with Gasteiger partial charge in [0.15, 0.2) is 0 Å². The minimum Gasteiger partial charge on any atom is -0.354 e. The number of anilines is 1. The number of para-hydroxylation sites is 1. The van der Waals surface area contributed by atoms with Crippen LogP contribution in [0.3, 0.4) is 0 Å². The van der Waals surface area contributed by atoms with Crippen LogP contribution in [0.15, 0.2) is 71.0 Å². The molecule has 0 saturated carbocycles. The van der Waals surface area contributed by atoms with Gasteiger partial charge in [-0.1, -0.05) is 18.2 Å². The van der Waals surface area contributed by atoms with Gasteiger partial charge in [0, 0.05) is 23.4 Å². The van der Waals surface area contributed by atoms with E-state index in [0.717, 1.165) is 22.4 Å². The molecule has 4 rings (SSSR count). The highest BCUT2D eigenvalue weighted by atomic mass is 16.6. The molecule has 0 unspecified atom stereocenters. The van der Waals surface area contributed by atoms with Crippen molar-refractivity contribution in [1.82, 2.24) is 5.43 Å². The van der Waals surface area contributed by atoms with Crippen LogP contribution >= 0.6 is 0 Å². The van der Waals surface area contributed by atoms with Crippen molar-refractivity contribution in [2.24, 2.45) is 5.10 Å². The number of nitrogens with one attached hydrogen (secondary N) is 2. The lowest BCUT2D eigenvalue weighted by molar-refractivity contribution is -0.384. The Balaban J connectivity index is 1.89. The second kappa shape index (κ2) is 5.96. The van der Waals surface area contributed by atoms with Crippen LogP contribution in [0.25, 0.3) is 5.57 Å². The van der Waals surface area contributed by atoms with E-state index in [1.54, 1.807) is 19.1 Å². The van der Waals surface area contributed by atoms with Gasteiger partial charge in [-0.25, -0.2) is 5.43 Å². The third-order valence-corrected chi connectivity index (χ3v) is 4.35. The fourth-order valence-corrected chi connectivity index (χ4v) is 3.09. The highest BCUT2D eigenvalue weighted by molar-refractivity contribution is 6.25. The Morgan fingerprint density at radius 3 is 2.46 bits per heavy atom. The maximum atomic E-state index is 12.1. The number of hydrazone groups is 1. The molecule has 2 aromatic carbocycles. The number of fused-ring (bicyclic) bond motifs is 1. The van der Waals surface area contributed by atoms with Crippen LogP contribution in [0.4, 0.5) is 11.4 Å². The van der Waals surface area contributed by atoms with Crippen LogP contribution in [0.5, 0.6) is 0 Å². The molecule has 0 aliphatic carbocycles. The molecule has 0 radical (unpaired) electrons. The van der Waals surface area contributed by atoms with E-state index >= 15 is 0 Å². The molecule has 26 heavy (non-hydrogen) atoms. The van der Waals surface area contributed by atoms with Gasteiger partial charge in [-0.15, -0.1) is 0 Å². The number of carbonyl (C=O) groups is 1. The average molecular weight is 346 g/mol. The average Bonchev–Trinajstić information content (AvgIpc) is 2.99. The van der Waals surface area contributed by atoms with Crippen molar-refractivity contribution in [2.75, 3.05) is 5.32 Å². The molecule has 2 N–H and O–H groups in total. The molecule has 0 saturated heterocycles. The maximum absolute atomic E-state index is 12.1. The summed E-state index contributed by atoms with van der Waals surface area (Å²) in [5.41, 5.74) is 7.76. The molecule has 0 fully saturated rings. The molecule has 7 nitrogen and oxygen atoms in total. The van der Waals surface area contributed by atoms with Gasteiger partial charge >= 0.3 is 0 Å². The molecule has 7 heteroatoms. The van der Waals surface area contributed by atoms with Crippen molar-refractivity contribution in [3.8, 4) is 0 Å². The third-order valence-electron chi connectivity index (χ3n) is 4.35. The molecule has 128 valence electrons. The summed E-state index contributed by atoms with van der Waals surface area (Å²) in [7, 11) is 0. The highest BCUT2D eigenvalue weighted by Crippen LogP contribution is 2.36. The van der Waals surface area contributed by atoms with Crippen LogP contribution in [-0.4, -0.2) is 16.5 Å². The fourth-order valence-electron chi connectivity index (χ4n) is 3.09. The zero-order valence-corrected chi connectivity index (χ0v) is 13.8. The number of nitro groups is 1. The summed E-state index contributed by atoms with van der Waals surface area (Å²) in [6.07, 6.45) is 1.88. The summed E-state index contributed by atoms with van der Waals surface area (Å²) in [6.45, 7) is 1.77. The molecular weight excluding hydrogens is 332 g/mol. The molecule has 0 spiro atoms. The Morgan fingerprint density at radius 2 is 1.81 bits per heavy atom. The number of carbonyl (C=O) groups excluding carboxylic acids is 1. The Kier molecular flexibility index (Phi) is 3.62. The molecule has 2 aliphatic rings. The summed E-state index contributed by atoms with van der Waals surface area (Å²) in [5.74, 6) is -0.260. The summed E-state index contributed by atoms with van der Waals surface area (Å²) in [4.78, 5) is 22.6. The fraction of sp³-hybridized carbons (Fsp3) is 0.0526. The van der Waals surface area contributed by atoms with E-state index in [4.69, 9.17) is 0 Å². The molecule has 0 aromatic heterocycles. The number of nitrogens with zero attached hydrogens (tertiary/aromatic N) is 2. The van der Waals surface area contributed by atoms with Crippen molar-refractivity contribution >= 4 is 28.6 Å². The van der Waals surface area contributed by atoms with E-state index in [9.17, 15) is 14.9 Å². The van der Waals surface area contributed by atoms with Gasteiger partial charge in [0.05, 0.1) is 21.9 Å². The topological polar surface area (TPSA) is 96.6 Å². The lowest BCUT2D eigenvalue weighted by Crippen LogP contribution is -2.19. The first-order valence-corrected chi connectivity index (χ1v) is 7.97. The minimum absolute atomic E-state index is 0.0355. The van der Waals surface area contributed by atoms with Gasteiger partial charge in [-0.05, 0) is 42.3 Å². The van der Waals surface area contributed by atoms with E-state index in [2.05, 4.69) is 15.8 Å². The van der Waals surface area contributed by atoms with E-state index < -0.39 is 4.92 Å². The number of hydrogen-bond acceptors (Lipinski definition) is 5. The van der Waals surface area contributed by atoms with Gasteiger partial charge in [-0.2, -0.15) is 5.10 Å². The molecule has 2 aliphatic heterocycles. The Labute approximate surface area is 148 Å². The van der Waals surface area contributed by atoms with Crippen LogP contribution in [0.2, 0.25) is 0 Å². The van der Waals surface area contributed by atoms with Gasteiger partial charge in [0.2, 0.25) is 0 Å². The number of nitro benzene ring substituents is 1. The molecule has 1 amide bonds. The van der Waals surface area contributed by atoms with Crippen molar-refractivity contribution in [2.45, 2.75) is 6.92 Å². The Hall–Kier alpha value is -3.74. The SMILES string of the molecule is CC1=NNC(=O)/C1=C1/C=C(c2ccc([N+](=O)[O-])cc2)c2ccccc2N1. The molecular formula is C19H14N4O3. The second-order valence-corrected chi connectivity index (χ2v) is 5.96. The molecule has 0 atom stereocenters. The standard InChI is InChI=1S/C19H14N4O3/c1-11-18(19(24)22-21-11)17-10-15(14-4-2-3-5-16(14)20-17)12-6-8-13(9-7-12)23(25)26/h2-10,20H,1H3,(H,22,24)/b18-17-. The van der Waals surface area contributed by atoms with Crippen molar-refractivity contribution in [3.63, 3.8) is 0 Å². The maximum Gasteiger partial charge on any atom is 0.275 e. The third kappa shape index (κ3) is 2.55. The largest absolute Gasteiger partial charge is 0.354 e. The van der Waals surface area contributed by atoms with Crippen LogP contribution < -0.4 is 10.7 Å². The normalized spacial score (nSPS) is 18.4. The highest BCUT2D eigenvalue weighted by Gasteiger charge is 2.26. The van der Waals surface area contributed by atoms with Crippen LogP contribution in [0, 0.1) is 10.1 Å². The van der Waals surface area contributed by atoms with Crippen LogP contribution in [-0.2, 0) is 4.79 Å². The minimum atomic E-state index is -0.426. The zero-order chi connectivity index (χ0) is 18.3. The quantitative estimate of drug-likeness (QED) is 0.496. The van der Waals surface area contributed by atoms with Crippen molar-refractivity contribution < 1.29 is 9.72 Å². The summed E-state index contributed by atoms with van der Waals surface area (Å²) >= 11 is 0. The smallest absolute Gasteiger partial charge is 0.275 e. The van der Waals surface area contributed by atoms with Crippen molar-refractivity contribution in [1.29, 1.82) is 0 Å². The summed E-state index contributed by atoms with van der Waals surface area (Å²) in [6, 6.07) is 14.1. The number of amides is 1. The predicted octanol–water partition coefficient (Wildman–Crippen LogP) is 3.21. The number of allylic oxidation sites excluding steroid dienone is 1. The first-order valence-electron chi connectivity index (χ1n) is 7.97. The van der Waals surface area contributed by atoms with E-state index in [-0.39, 0.29) is 11.6 Å². The lowest BCUT2D eigenvalue weighted by Gasteiger charge is -2.22. The molecule has 2 aromatic rings. The van der Waals surface area contributed by atoms with Gasteiger partial charge < -0.3 is 5.32 Å². The van der Waals surface area contributed by atoms with E-state index in [1.165, 1.54) is 12.1 Å². The molecule has 0 bridgehead atoms. The second-order valence-electron chi connectivity index (χ2n) is 5.96. The first kappa shape index (κ1) is 15.8. The predicted molar refractivity (Wildman–Crippen MR) is 98.5 cm³/mol. The van der Waals surface area contributed by atoms with Gasteiger partial charge in [0.25, 0.3) is 11.6 Å². The molecule has 2 heterocycles. The zero-order valence-electron chi connectivity index (χ0n) is 13.8. The van der Waals surface area contributed by atoms with Crippen LogP contribution in [0.1, 0.15) is 18.1 Å². The van der Waals surface area contributed by atoms with E-state index in [0.29, 0.717) is 17.0 Å². The lowest BCUT2D eigenvalue weighted by atomic mass is 9.91. The summed E-state index contributed by atoms with van der Waals surface area (Å²) in [5, 5.41) is 18.2. The van der Waals surface area contributed by atoms with Gasteiger partial charge in [0.1, 0.15) is 0 Å².